The van der Waals surface area contributed by atoms with E-state index >= 15 is 0 Å². The Bertz CT molecular complexity index is 1930. The van der Waals surface area contributed by atoms with Crippen LogP contribution >= 0.6 is 0 Å². The quantitative estimate of drug-likeness (QED) is 0.206. The molecule has 0 bridgehead atoms. The average Bonchev–Trinajstić information content (AvgIpc) is 3.41. The molecule has 2 nitrogen and oxygen atoms in total. The van der Waals surface area contributed by atoms with Crippen LogP contribution in [0.5, 0.6) is 0 Å². The second kappa shape index (κ2) is 9.21. The van der Waals surface area contributed by atoms with E-state index in [0.29, 0.717) is 0 Å². The molecule has 0 fully saturated rings. The van der Waals surface area contributed by atoms with Gasteiger partial charge in [0.05, 0.1) is 0 Å². The molecule has 4 aromatic carbocycles. The number of allylic oxidation sites excluding steroid dienone is 3. The normalized spacial score (nSPS) is 16.3. The summed E-state index contributed by atoms with van der Waals surface area (Å²) in [7, 11) is 0. The van der Waals surface area contributed by atoms with Crippen LogP contribution in [0.4, 0.5) is 0 Å². The van der Waals surface area contributed by atoms with Gasteiger partial charge in [-0.15, -0.1) is 10.9 Å². The molecule has 2 aliphatic heterocycles. The van der Waals surface area contributed by atoms with Gasteiger partial charge in [-0.25, -0.2) is 0 Å². The number of rotatable bonds is 4. The van der Waals surface area contributed by atoms with Gasteiger partial charge < -0.3 is 8.96 Å². The fourth-order valence-corrected chi connectivity index (χ4v) is 8.65. The molecular weight excluding hydrogens is 495 g/mol. The molecule has 0 aliphatic carbocycles. The smallest absolute Gasteiger partial charge is 0.435 e. The summed E-state index contributed by atoms with van der Waals surface area (Å²) in [5.41, 5.74) is 15.5. The van der Waals surface area contributed by atoms with Gasteiger partial charge in [0, 0.05) is 29.3 Å². The summed E-state index contributed by atoms with van der Waals surface area (Å²) in [6.45, 7) is 16.4. The molecule has 3 heterocycles. The molecule has 0 saturated carbocycles. The summed E-state index contributed by atoms with van der Waals surface area (Å²) >= 11 is 0. The van der Waals surface area contributed by atoms with Crippen molar-refractivity contribution in [3.8, 4) is 0 Å². The maximum atomic E-state index is 2.76. The van der Waals surface area contributed by atoms with E-state index in [1.807, 2.05) is 0 Å². The van der Waals surface area contributed by atoms with Crippen LogP contribution in [0, 0.1) is 13.8 Å². The first-order chi connectivity index (χ1) is 19.8. The van der Waals surface area contributed by atoms with E-state index < -0.39 is 6.42 Å². The van der Waals surface area contributed by atoms with Crippen molar-refractivity contribution in [2.75, 3.05) is 0 Å². The summed E-state index contributed by atoms with van der Waals surface area (Å²) < 4.78 is 5.52. The maximum absolute atomic E-state index is 2.76. The lowest BCUT2D eigenvalue weighted by molar-refractivity contribution is -0.330. The zero-order chi connectivity index (χ0) is 28.6. The molecule has 0 atom stereocenters. The Morgan fingerprint density at radius 3 is 1.68 bits per heavy atom. The van der Waals surface area contributed by atoms with Crippen molar-refractivity contribution in [2.45, 2.75) is 61.3 Å². The van der Waals surface area contributed by atoms with Gasteiger partial charge in [0.1, 0.15) is 5.71 Å². The summed E-state index contributed by atoms with van der Waals surface area (Å²) in [6, 6.07) is 32.0. The molecule has 0 radical (unpaired) electrons. The molecule has 0 N–H and O–H groups in total. The van der Waals surface area contributed by atoms with Crippen LogP contribution in [0.1, 0.15) is 63.6 Å². The molecule has 0 amide bonds. The predicted octanol–water partition coefficient (Wildman–Crippen LogP) is 8.04. The molecule has 204 valence electrons. The van der Waals surface area contributed by atoms with E-state index in [1.165, 1.54) is 83.1 Å². The van der Waals surface area contributed by atoms with Gasteiger partial charge in [-0.1, -0.05) is 98.8 Å². The highest BCUT2D eigenvalue weighted by Gasteiger charge is 2.54. The monoisotopic (exact) mass is 534 g/mol. The van der Waals surface area contributed by atoms with Crippen LogP contribution in [-0.4, -0.2) is 21.1 Å². The third-order valence-electron chi connectivity index (χ3n) is 10.3. The van der Waals surface area contributed by atoms with Crippen LogP contribution in [0.3, 0.4) is 0 Å². The molecule has 3 heteroatoms. The van der Waals surface area contributed by atoms with E-state index in [9.17, 15) is 0 Å². The Balaban J connectivity index is 1.74. The highest BCUT2D eigenvalue weighted by atomic mass is 15.2. The van der Waals surface area contributed by atoms with Crippen LogP contribution in [0.25, 0.3) is 27.1 Å². The second-order valence-electron chi connectivity index (χ2n) is 12.1. The van der Waals surface area contributed by atoms with Crippen LogP contribution in [0.15, 0.2) is 102 Å². The fourth-order valence-electron chi connectivity index (χ4n) is 8.65. The average molecular weight is 535 g/mol. The minimum atomic E-state index is -1.62. The molecule has 5 aromatic rings. The predicted molar refractivity (Wildman–Crippen MR) is 178 cm³/mol. The summed E-state index contributed by atoms with van der Waals surface area (Å²) in [5.74, 6) is 0. The largest absolute Gasteiger partial charge is 0.450 e. The Morgan fingerprint density at radius 2 is 1.17 bits per heavy atom. The first kappa shape index (κ1) is 25.8. The van der Waals surface area contributed by atoms with Crippen molar-refractivity contribution >= 4 is 50.2 Å². The lowest BCUT2D eigenvalue weighted by atomic mass is 9.35. The van der Waals surface area contributed by atoms with Crippen molar-refractivity contribution in [1.82, 2.24) is 4.48 Å². The number of hydrogen-bond donors (Lipinski definition) is 0. The first-order valence-electron chi connectivity index (χ1n) is 15.2. The van der Waals surface area contributed by atoms with E-state index in [4.69, 9.17) is 0 Å². The van der Waals surface area contributed by atoms with Crippen molar-refractivity contribution in [3.05, 3.63) is 124 Å². The van der Waals surface area contributed by atoms with E-state index in [0.717, 1.165) is 12.8 Å². The molecule has 0 unspecified atom stereocenters. The van der Waals surface area contributed by atoms with Crippen LogP contribution in [0.2, 0.25) is 0 Å². The summed E-state index contributed by atoms with van der Waals surface area (Å²) in [4.78, 5) is 0. The van der Waals surface area contributed by atoms with Gasteiger partial charge in [-0.05, 0) is 78.9 Å². The Kier molecular flexibility index (Phi) is 5.80. The minimum Gasteiger partial charge on any atom is -0.450 e. The topological polar surface area (TPSA) is 7.94 Å². The lowest BCUT2D eigenvalue weighted by Gasteiger charge is -2.46. The fraction of sp³-hybridized carbons (Fsp3) is 0.237. The van der Waals surface area contributed by atoms with Gasteiger partial charge in [0.2, 0.25) is 0 Å². The minimum absolute atomic E-state index is 1.03. The lowest BCUT2D eigenvalue weighted by Crippen LogP contribution is -2.73. The standard InChI is InChI=1S/C38H39BN2/c1-8-35-24(3)37-26(5)38-25(4)36(9-2)28(7)41(38)39(40(37)27(35)6,33-20-18-29-14-10-12-16-31(29)22-33)34-21-19-30-15-11-13-17-32(30)23-34/h10-23H,8-9H2,1-7H3. The van der Waals surface area contributed by atoms with Gasteiger partial charge in [-0.3, -0.25) is 0 Å². The first-order valence-corrected chi connectivity index (χ1v) is 15.2. The molecule has 0 spiro atoms. The number of fused-ring (bicyclic) bond motifs is 4. The van der Waals surface area contributed by atoms with Crippen molar-refractivity contribution in [3.63, 3.8) is 0 Å². The second-order valence-corrected chi connectivity index (χ2v) is 12.1. The zero-order valence-corrected chi connectivity index (χ0v) is 25.5. The molecule has 1 aromatic heterocycles. The molecule has 0 saturated heterocycles. The van der Waals surface area contributed by atoms with Crippen LogP contribution in [-0.2, 0) is 6.42 Å². The summed E-state index contributed by atoms with van der Waals surface area (Å²) in [6.07, 6.45) is 0.438. The molecular formula is C38H39BN2. The van der Waals surface area contributed by atoms with E-state index in [1.54, 1.807) is 0 Å². The van der Waals surface area contributed by atoms with Crippen molar-refractivity contribution in [1.29, 1.82) is 0 Å². The highest BCUT2D eigenvalue weighted by Crippen LogP contribution is 2.44. The van der Waals surface area contributed by atoms with Crippen molar-refractivity contribution in [2.24, 2.45) is 0 Å². The third-order valence-corrected chi connectivity index (χ3v) is 10.3. The van der Waals surface area contributed by atoms with Gasteiger partial charge in [0.15, 0.2) is 5.70 Å². The van der Waals surface area contributed by atoms with Crippen LogP contribution < -0.4 is 10.9 Å². The zero-order valence-electron chi connectivity index (χ0n) is 25.5. The summed E-state index contributed by atoms with van der Waals surface area (Å²) in [5, 5.41) is 5.14. The van der Waals surface area contributed by atoms with Crippen molar-refractivity contribution < 1.29 is 4.49 Å². The van der Waals surface area contributed by atoms with E-state index in [2.05, 4.69) is 142 Å². The Labute approximate surface area is 244 Å². The Hall–Kier alpha value is -4.11. The third kappa shape index (κ3) is 3.29. The molecule has 7 rings (SSSR count). The SMILES string of the molecule is CCC1=C(C)C2=C(C)c3c(C)c(CC)c(C)n3[B-](c3ccc4ccccc4c3)(c3ccc4ccccc4c3)[N+]2=C1C. The number of aromatic nitrogens is 1. The Morgan fingerprint density at radius 1 is 0.634 bits per heavy atom. The molecule has 41 heavy (non-hydrogen) atoms. The number of benzene rings is 4. The van der Waals surface area contributed by atoms with Gasteiger partial charge in [-0.2, -0.15) is 0 Å². The number of hydrogen-bond acceptors (Lipinski definition) is 0. The van der Waals surface area contributed by atoms with Gasteiger partial charge in [0.25, 0.3) is 0 Å². The van der Waals surface area contributed by atoms with Gasteiger partial charge >= 0.3 is 6.42 Å². The van der Waals surface area contributed by atoms with E-state index in [-0.39, 0.29) is 0 Å². The number of nitrogens with zero attached hydrogens (tertiary/aromatic N) is 2. The maximum Gasteiger partial charge on any atom is 0.435 e. The molecule has 2 aliphatic rings. The highest BCUT2D eigenvalue weighted by molar-refractivity contribution is 6.96.